The third kappa shape index (κ3) is 3.33. The molecule has 2 atom stereocenters. The summed E-state index contributed by atoms with van der Waals surface area (Å²) in [7, 11) is 0. The van der Waals surface area contributed by atoms with E-state index in [2.05, 4.69) is 10.1 Å². The van der Waals surface area contributed by atoms with Crippen molar-refractivity contribution in [3.05, 3.63) is 0 Å². The summed E-state index contributed by atoms with van der Waals surface area (Å²) in [6.45, 7) is 4.94. The van der Waals surface area contributed by atoms with Crippen LogP contribution in [0.25, 0.3) is 0 Å². The van der Waals surface area contributed by atoms with Crippen molar-refractivity contribution in [2.24, 2.45) is 10.9 Å². The minimum Gasteiger partial charge on any atom is -0.409 e. The first-order valence-corrected chi connectivity index (χ1v) is 7.80. The largest absolute Gasteiger partial charge is 0.409 e. The molecule has 6 nitrogen and oxygen atoms in total. The Kier molecular flexibility index (Phi) is 4.93. The standard InChI is InChI=1S/C12H22N4O2S/c1-9(11(13)14-18)15-4-6-16(7-5-15)12(17)10-3-2-8-19-10/h9-10,18H,2-8H2,1H3,(H2,13,14). The van der Waals surface area contributed by atoms with E-state index in [0.717, 1.165) is 44.8 Å². The lowest BCUT2D eigenvalue weighted by molar-refractivity contribution is -0.132. The number of nitrogens with zero attached hydrogens (tertiary/aromatic N) is 3. The second-order valence-electron chi connectivity index (χ2n) is 5.06. The second kappa shape index (κ2) is 6.47. The molecule has 0 saturated carbocycles. The van der Waals surface area contributed by atoms with Crippen LogP contribution in [0, 0.1) is 0 Å². The van der Waals surface area contributed by atoms with Crippen molar-refractivity contribution in [1.82, 2.24) is 9.80 Å². The van der Waals surface area contributed by atoms with Crippen LogP contribution in [0.15, 0.2) is 5.16 Å². The fourth-order valence-corrected chi connectivity index (χ4v) is 3.82. The number of carbonyl (C=O) groups is 1. The summed E-state index contributed by atoms with van der Waals surface area (Å²) in [5, 5.41) is 11.9. The molecule has 0 aromatic heterocycles. The zero-order valence-corrected chi connectivity index (χ0v) is 12.1. The molecule has 0 bridgehead atoms. The van der Waals surface area contributed by atoms with Gasteiger partial charge >= 0.3 is 0 Å². The first-order valence-electron chi connectivity index (χ1n) is 6.75. The van der Waals surface area contributed by atoms with Crippen molar-refractivity contribution in [2.45, 2.75) is 31.1 Å². The lowest BCUT2D eigenvalue weighted by Crippen LogP contribution is -2.55. The van der Waals surface area contributed by atoms with Gasteiger partial charge in [0.1, 0.15) is 0 Å². The van der Waals surface area contributed by atoms with E-state index in [0.29, 0.717) is 5.91 Å². The third-order valence-electron chi connectivity index (χ3n) is 3.92. The van der Waals surface area contributed by atoms with E-state index >= 15 is 0 Å². The van der Waals surface area contributed by atoms with Crippen molar-refractivity contribution in [2.75, 3.05) is 31.9 Å². The summed E-state index contributed by atoms with van der Waals surface area (Å²) in [5.41, 5.74) is 5.62. The molecule has 0 aliphatic carbocycles. The summed E-state index contributed by atoms with van der Waals surface area (Å²) >= 11 is 1.78. The molecule has 2 rings (SSSR count). The molecule has 2 saturated heterocycles. The zero-order valence-electron chi connectivity index (χ0n) is 11.3. The molecule has 0 radical (unpaired) electrons. The summed E-state index contributed by atoms with van der Waals surface area (Å²) in [4.78, 5) is 16.4. The third-order valence-corrected chi connectivity index (χ3v) is 5.29. The van der Waals surface area contributed by atoms with Crippen molar-refractivity contribution in [1.29, 1.82) is 0 Å². The van der Waals surface area contributed by atoms with Gasteiger partial charge in [-0.3, -0.25) is 9.69 Å². The predicted octanol–water partition coefficient (Wildman–Crippen LogP) is 0.161. The number of rotatable bonds is 3. The van der Waals surface area contributed by atoms with Crippen LogP contribution in [0.3, 0.4) is 0 Å². The number of oxime groups is 1. The van der Waals surface area contributed by atoms with Gasteiger partial charge in [-0.15, -0.1) is 11.8 Å². The summed E-state index contributed by atoms with van der Waals surface area (Å²) < 4.78 is 0. The van der Waals surface area contributed by atoms with Crippen LogP contribution in [0.2, 0.25) is 0 Å². The van der Waals surface area contributed by atoms with Gasteiger partial charge < -0.3 is 15.8 Å². The second-order valence-corrected chi connectivity index (χ2v) is 6.37. The van der Waals surface area contributed by atoms with Gasteiger partial charge in [-0.2, -0.15) is 0 Å². The van der Waals surface area contributed by atoms with Crippen LogP contribution in [0.5, 0.6) is 0 Å². The minimum absolute atomic E-state index is 0.0805. The lowest BCUT2D eigenvalue weighted by Gasteiger charge is -2.38. The van der Waals surface area contributed by atoms with E-state index in [9.17, 15) is 4.79 Å². The molecule has 1 amide bonds. The summed E-state index contributed by atoms with van der Waals surface area (Å²) in [6.07, 6.45) is 2.17. The number of thioether (sulfide) groups is 1. The Balaban J connectivity index is 1.83. The highest BCUT2D eigenvalue weighted by atomic mass is 32.2. The lowest BCUT2D eigenvalue weighted by atomic mass is 10.2. The number of nitrogens with two attached hydrogens (primary N) is 1. The Hall–Kier alpha value is -0.950. The van der Waals surface area contributed by atoms with E-state index in [1.807, 2.05) is 11.8 Å². The maximum Gasteiger partial charge on any atom is 0.235 e. The van der Waals surface area contributed by atoms with Crippen molar-refractivity contribution in [3.63, 3.8) is 0 Å². The van der Waals surface area contributed by atoms with E-state index in [4.69, 9.17) is 10.9 Å². The molecule has 7 heteroatoms. The topological polar surface area (TPSA) is 82.2 Å². The molecule has 108 valence electrons. The van der Waals surface area contributed by atoms with Gasteiger partial charge in [0.25, 0.3) is 0 Å². The molecule has 2 unspecified atom stereocenters. The number of carbonyl (C=O) groups excluding carboxylic acids is 1. The highest BCUT2D eigenvalue weighted by molar-refractivity contribution is 8.00. The highest BCUT2D eigenvalue weighted by Gasteiger charge is 2.31. The number of hydrogen-bond donors (Lipinski definition) is 2. The van der Waals surface area contributed by atoms with Crippen LogP contribution < -0.4 is 5.73 Å². The van der Waals surface area contributed by atoms with E-state index in [1.54, 1.807) is 11.8 Å². The van der Waals surface area contributed by atoms with Crippen LogP contribution in [-0.4, -0.2) is 70.0 Å². The van der Waals surface area contributed by atoms with Crippen LogP contribution in [-0.2, 0) is 4.79 Å². The number of amides is 1. The van der Waals surface area contributed by atoms with Crippen molar-refractivity contribution < 1.29 is 10.0 Å². The minimum atomic E-state index is -0.0805. The highest BCUT2D eigenvalue weighted by Crippen LogP contribution is 2.28. The fourth-order valence-electron chi connectivity index (χ4n) is 2.58. The average Bonchev–Trinajstić information content (AvgIpc) is 2.99. The Labute approximate surface area is 118 Å². The number of piperazine rings is 1. The number of amidine groups is 1. The van der Waals surface area contributed by atoms with Gasteiger partial charge in [0.2, 0.25) is 5.91 Å². The normalized spacial score (nSPS) is 27.5. The van der Waals surface area contributed by atoms with Crippen LogP contribution in [0.4, 0.5) is 0 Å². The molecular formula is C12H22N4O2S. The monoisotopic (exact) mass is 286 g/mol. The molecular weight excluding hydrogens is 264 g/mol. The van der Waals surface area contributed by atoms with Gasteiger partial charge in [-0.05, 0) is 25.5 Å². The molecule has 2 aliphatic rings. The SMILES string of the molecule is CC(C(N)=NO)N1CCN(C(=O)C2CCCS2)CC1. The van der Waals surface area contributed by atoms with Crippen LogP contribution in [0.1, 0.15) is 19.8 Å². The Morgan fingerprint density at radius 2 is 2.11 bits per heavy atom. The first kappa shape index (κ1) is 14.5. The maximum absolute atomic E-state index is 12.3. The predicted molar refractivity (Wildman–Crippen MR) is 76.5 cm³/mol. The molecule has 2 fully saturated rings. The van der Waals surface area contributed by atoms with E-state index in [1.165, 1.54) is 0 Å². The van der Waals surface area contributed by atoms with Crippen molar-refractivity contribution >= 4 is 23.5 Å². The molecule has 3 N–H and O–H groups in total. The molecule has 2 aliphatic heterocycles. The Morgan fingerprint density at radius 1 is 1.42 bits per heavy atom. The number of hydrogen-bond acceptors (Lipinski definition) is 5. The quantitative estimate of drug-likeness (QED) is 0.334. The fraction of sp³-hybridized carbons (Fsp3) is 0.833. The summed E-state index contributed by atoms with van der Waals surface area (Å²) in [5.74, 6) is 1.63. The smallest absolute Gasteiger partial charge is 0.235 e. The first-order chi connectivity index (χ1) is 9.13. The molecule has 0 aromatic carbocycles. The summed E-state index contributed by atoms with van der Waals surface area (Å²) in [6, 6.07) is -0.0805. The van der Waals surface area contributed by atoms with Crippen molar-refractivity contribution in [3.8, 4) is 0 Å². The molecule has 0 spiro atoms. The molecule has 0 aromatic rings. The maximum atomic E-state index is 12.3. The Bertz CT molecular complexity index is 350. The van der Waals surface area contributed by atoms with E-state index in [-0.39, 0.29) is 17.1 Å². The van der Waals surface area contributed by atoms with Gasteiger partial charge in [0.15, 0.2) is 5.84 Å². The Morgan fingerprint density at radius 3 is 2.63 bits per heavy atom. The van der Waals surface area contributed by atoms with Gasteiger partial charge in [-0.1, -0.05) is 5.16 Å². The van der Waals surface area contributed by atoms with Crippen LogP contribution >= 0.6 is 11.8 Å². The average molecular weight is 286 g/mol. The molecule has 2 heterocycles. The molecule has 19 heavy (non-hydrogen) atoms. The van der Waals surface area contributed by atoms with Gasteiger partial charge in [-0.25, -0.2) is 0 Å². The zero-order chi connectivity index (χ0) is 13.8. The van der Waals surface area contributed by atoms with Gasteiger partial charge in [0.05, 0.1) is 11.3 Å². The van der Waals surface area contributed by atoms with Gasteiger partial charge in [0, 0.05) is 26.2 Å². The van der Waals surface area contributed by atoms with E-state index < -0.39 is 0 Å².